The summed E-state index contributed by atoms with van der Waals surface area (Å²) >= 11 is 0. The van der Waals surface area contributed by atoms with Crippen LogP contribution in [0, 0.1) is 28.6 Å². The Morgan fingerprint density at radius 1 is 0.850 bits per heavy atom. The molecule has 0 amide bonds. The SMILES string of the molecule is CC(C)c1ccc2c(c1)CC[C@H]1[C@](C)(CNc3ccc4c(c3)CC[C@@H]3[C@@H]4CC[C@]4(C)C(=O)CC[C@@H]34)CCC[C@]21C. The van der Waals surface area contributed by atoms with E-state index >= 15 is 0 Å². The van der Waals surface area contributed by atoms with Crippen molar-refractivity contribution >= 4 is 11.5 Å². The second-order valence-electron chi connectivity index (χ2n) is 15.7. The lowest BCUT2D eigenvalue weighted by atomic mass is 9.49. The van der Waals surface area contributed by atoms with E-state index in [-0.39, 0.29) is 5.41 Å². The number of rotatable bonds is 4. The van der Waals surface area contributed by atoms with Crippen LogP contribution in [0.15, 0.2) is 36.4 Å². The van der Waals surface area contributed by atoms with Crippen LogP contribution in [0.4, 0.5) is 5.69 Å². The van der Waals surface area contributed by atoms with Gasteiger partial charge in [0, 0.05) is 24.1 Å². The van der Waals surface area contributed by atoms with Crippen LogP contribution >= 0.6 is 0 Å². The highest BCUT2D eigenvalue weighted by molar-refractivity contribution is 5.87. The van der Waals surface area contributed by atoms with Crippen molar-refractivity contribution in [2.24, 2.45) is 28.6 Å². The number of aryl methyl sites for hydroxylation is 2. The molecule has 7 rings (SSSR count). The van der Waals surface area contributed by atoms with Gasteiger partial charge < -0.3 is 5.32 Å². The molecule has 3 fully saturated rings. The minimum Gasteiger partial charge on any atom is -0.384 e. The van der Waals surface area contributed by atoms with Crippen molar-refractivity contribution in [2.45, 2.75) is 122 Å². The summed E-state index contributed by atoms with van der Waals surface area (Å²) in [4.78, 5) is 12.7. The first-order valence-electron chi connectivity index (χ1n) is 16.7. The van der Waals surface area contributed by atoms with E-state index in [2.05, 4.69) is 76.3 Å². The highest BCUT2D eigenvalue weighted by atomic mass is 16.1. The van der Waals surface area contributed by atoms with Crippen LogP contribution in [0.25, 0.3) is 0 Å². The Hall–Kier alpha value is -2.09. The average molecular weight is 538 g/mol. The summed E-state index contributed by atoms with van der Waals surface area (Å²) in [6.45, 7) is 13.2. The lowest BCUT2D eigenvalue weighted by Gasteiger charge is -2.55. The molecule has 40 heavy (non-hydrogen) atoms. The van der Waals surface area contributed by atoms with Gasteiger partial charge in [-0.05, 0) is 138 Å². The molecule has 0 unspecified atom stereocenters. The summed E-state index contributed by atoms with van der Waals surface area (Å²) in [5.74, 6) is 3.86. The maximum absolute atomic E-state index is 12.7. The largest absolute Gasteiger partial charge is 0.384 e. The van der Waals surface area contributed by atoms with Gasteiger partial charge in [-0.15, -0.1) is 0 Å². The Labute approximate surface area is 243 Å². The topological polar surface area (TPSA) is 29.1 Å². The number of hydrogen-bond donors (Lipinski definition) is 1. The predicted molar refractivity (Wildman–Crippen MR) is 166 cm³/mol. The van der Waals surface area contributed by atoms with E-state index in [4.69, 9.17) is 0 Å². The van der Waals surface area contributed by atoms with Crippen LogP contribution < -0.4 is 5.32 Å². The Kier molecular flexibility index (Phi) is 6.34. The summed E-state index contributed by atoms with van der Waals surface area (Å²) in [5.41, 5.74) is 9.84. The zero-order valence-electron chi connectivity index (χ0n) is 25.7. The van der Waals surface area contributed by atoms with E-state index in [9.17, 15) is 4.79 Å². The molecule has 7 atom stereocenters. The molecule has 2 nitrogen and oxygen atoms in total. The Balaban J connectivity index is 1.08. The second kappa shape index (κ2) is 9.47. The standard InChI is InChI=1S/C38H51NO/c1-24(2)25-8-13-32-27(21-25)9-15-34-36(3,18-6-19-37(32,34)4)23-39-28-10-12-29-26(22-28)7-11-31-30(29)17-20-38(5)33(31)14-16-35(38)40/h8,10,12-13,21-22,24,30-31,33-34,39H,6-7,9,11,14-20,23H2,1-5H3/t30-,31-,33+,34+,36+,37-,38+/m1/s1. The van der Waals surface area contributed by atoms with Crippen LogP contribution in [0.2, 0.25) is 0 Å². The van der Waals surface area contributed by atoms with E-state index in [1.54, 1.807) is 22.3 Å². The third-order valence-electron chi connectivity index (χ3n) is 13.3. The van der Waals surface area contributed by atoms with Crippen LogP contribution in [-0.2, 0) is 23.1 Å². The van der Waals surface area contributed by atoms with Crippen LogP contribution in [0.5, 0.6) is 0 Å². The van der Waals surface area contributed by atoms with Gasteiger partial charge in [0.25, 0.3) is 0 Å². The van der Waals surface area contributed by atoms with Crippen molar-refractivity contribution < 1.29 is 4.79 Å². The molecule has 0 radical (unpaired) electrons. The monoisotopic (exact) mass is 537 g/mol. The fourth-order valence-corrected chi connectivity index (χ4v) is 11.0. The zero-order chi connectivity index (χ0) is 27.9. The van der Waals surface area contributed by atoms with Gasteiger partial charge in [-0.2, -0.15) is 0 Å². The summed E-state index contributed by atoms with van der Waals surface area (Å²) in [7, 11) is 0. The summed E-state index contributed by atoms with van der Waals surface area (Å²) < 4.78 is 0. The van der Waals surface area contributed by atoms with Gasteiger partial charge in [0.1, 0.15) is 5.78 Å². The molecule has 5 aliphatic carbocycles. The van der Waals surface area contributed by atoms with Gasteiger partial charge >= 0.3 is 0 Å². The van der Waals surface area contributed by atoms with Crippen LogP contribution in [-0.4, -0.2) is 12.3 Å². The van der Waals surface area contributed by atoms with Crippen molar-refractivity contribution in [2.75, 3.05) is 11.9 Å². The van der Waals surface area contributed by atoms with Gasteiger partial charge in [-0.25, -0.2) is 0 Å². The molecule has 0 bridgehead atoms. The van der Waals surface area contributed by atoms with Crippen molar-refractivity contribution in [3.63, 3.8) is 0 Å². The Morgan fingerprint density at radius 2 is 1.68 bits per heavy atom. The lowest BCUT2D eigenvalue weighted by Crippen LogP contribution is -2.51. The number of carbonyl (C=O) groups is 1. The molecule has 1 N–H and O–H groups in total. The Bertz CT molecular complexity index is 1320. The molecule has 0 saturated heterocycles. The number of fused-ring (bicyclic) bond motifs is 8. The summed E-state index contributed by atoms with van der Waals surface area (Å²) in [5, 5.41) is 3.98. The highest BCUT2D eigenvalue weighted by Crippen LogP contribution is 2.60. The van der Waals surface area contributed by atoms with Gasteiger partial charge in [0.2, 0.25) is 0 Å². The number of carbonyl (C=O) groups excluding carboxylic acids is 1. The van der Waals surface area contributed by atoms with E-state index in [0.29, 0.717) is 40.3 Å². The fraction of sp³-hybridized carbons (Fsp3) is 0.658. The summed E-state index contributed by atoms with van der Waals surface area (Å²) in [6, 6.07) is 14.8. The molecule has 0 aliphatic heterocycles. The maximum Gasteiger partial charge on any atom is 0.139 e. The van der Waals surface area contributed by atoms with E-state index in [0.717, 1.165) is 31.7 Å². The average Bonchev–Trinajstić information content (AvgIpc) is 3.25. The molecule has 2 aromatic carbocycles. The second-order valence-corrected chi connectivity index (χ2v) is 15.7. The number of nitrogens with one attached hydrogen (secondary N) is 1. The molecule has 2 aromatic rings. The van der Waals surface area contributed by atoms with E-state index in [1.807, 2.05) is 0 Å². The molecule has 5 aliphatic rings. The minimum atomic E-state index is -0.0273. The number of benzene rings is 2. The van der Waals surface area contributed by atoms with Crippen LogP contribution in [0.1, 0.15) is 132 Å². The predicted octanol–water partition coefficient (Wildman–Crippen LogP) is 9.36. The molecule has 0 heterocycles. The number of Topliss-reactive ketones (excluding diaryl/α,β-unsaturated/α-hetero) is 1. The fourth-order valence-electron chi connectivity index (χ4n) is 11.0. The van der Waals surface area contributed by atoms with Gasteiger partial charge in [0.15, 0.2) is 0 Å². The first-order chi connectivity index (χ1) is 19.1. The van der Waals surface area contributed by atoms with E-state index < -0.39 is 0 Å². The van der Waals surface area contributed by atoms with Crippen molar-refractivity contribution in [3.05, 3.63) is 64.2 Å². The maximum atomic E-state index is 12.7. The molecule has 2 heteroatoms. The number of hydrogen-bond acceptors (Lipinski definition) is 2. The smallest absolute Gasteiger partial charge is 0.139 e. The quantitative estimate of drug-likeness (QED) is 0.421. The molecule has 3 saturated carbocycles. The van der Waals surface area contributed by atoms with Crippen LogP contribution in [0.3, 0.4) is 0 Å². The third kappa shape index (κ3) is 3.98. The highest BCUT2D eigenvalue weighted by Gasteiger charge is 2.55. The van der Waals surface area contributed by atoms with Gasteiger partial charge in [-0.3, -0.25) is 4.79 Å². The molecule has 214 valence electrons. The number of ketones is 1. The number of anilines is 1. The minimum absolute atomic E-state index is 0.0273. The first kappa shape index (κ1) is 26.8. The third-order valence-corrected chi connectivity index (χ3v) is 13.3. The Morgan fingerprint density at radius 3 is 2.50 bits per heavy atom. The molecular weight excluding hydrogens is 486 g/mol. The molecular formula is C38H51NO. The first-order valence-corrected chi connectivity index (χ1v) is 16.7. The van der Waals surface area contributed by atoms with Gasteiger partial charge in [-0.1, -0.05) is 65.3 Å². The summed E-state index contributed by atoms with van der Waals surface area (Å²) in [6.07, 6.45) is 13.2. The van der Waals surface area contributed by atoms with Crippen molar-refractivity contribution in [1.29, 1.82) is 0 Å². The normalized spacial score (nSPS) is 38.2. The lowest BCUT2D eigenvalue weighted by molar-refractivity contribution is -0.129. The zero-order valence-corrected chi connectivity index (χ0v) is 25.7. The van der Waals surface area contributed by atoms with Crippen molar-refractivity contribution in [1.82, 2.24) is 0 Å². The van der Waals surface area contributed by atoms with E-state index in [1.165, 1.54) is 62.6 Å². The molecule has 0 spiro atoms. The molecule has 0 aromatic heterocycles. The van der Waals surface area contributed by atoms with Crippen molar-refractivity contribution in [3.8, 4) is 0 Å². The van der Waals surface area contributed by atoms with Gasteiger partial charge in [0.05, 0.1) is 0 Å².